The first-order valence-corrected chi connectivity index (χ1v) is 10.0. The number of benzene rings is 1. The first-order valence-electron chi connectivity index (χ1n) is 10.0. The van der Waals surface area contributed by atoms with Crippen LogP contribution in [-0.4, -0.2) is 58.0 Å². The Morgan fingerprint density at radius 1 is 1.16 bits per heavy atom. The summed E-state index contributed by atoms with van der Waals surface area (Å²) in [6, 6.07) is 8.85. The van der Waals surface area contributed by atoms with Crippen molar-refractivity contribution in [2.24, 2.45) is 0 Å². The molecule has 0 unspecified atom stereocenters. The number of phenols is 1. The minimum atomic E-state index is -0.567. The summed E-state index contributed by atoms with van der Waals surface area (Å²) in [7, 11) is 0. The van der Waals surface area contributed by atoms with E-state index < -0.39 is 6.67 Å². The lowest BCUT2D eigenvalue weighted by molar-refractivity contribution is 0.122. The van der Waals surface area contributed by atoms with Crippen LogP contribution in [0.1, 0.15) is 5.56 Å². The highest BCUT2D eigenvalue weighted by molar-refractivity contribution is 5.88. The number of allylic oxidation sites excluding steroid dienone is 1. The number of pyridine rings is 1. The number of morpholine rings is 1. The molecule has 9 nitrogen and oxygen atoms in total. The second-order valence-electron chi connectivity index (χ2n) is 7.38. The molecule has 2 aliphatic rings. The number of ether oxygens (including phenoxy) is 1. The number of phenolic OH excluding ortho intramolecular Hbond substituents is 1. The lowest BCUT2D eigenvalue weighted by Gasteiger charge is -2.28. The third kappa shape index (κ3) is 4.07. The fraction of sp³-hybridized carbons (Fsp3) is 0.286. The van der Waals surface area contributed by atoms with E-state index in [1.54, 1.807) is 35.6 Å². The van der Waals surface area contributed by atoms with E-state index in [2.05, 4.69) is 20.8 Å². The van der Waals surface area contributed by atoms with Crippen molar-refractivity contribution in [3.63, 3.8) is 0 Å². The van der Waals surface area contributed by atoms with Crippen molar-refractivity contribution in [1.82, 2.24) is 30.9 Å². The molecule has 1 saturated heterocycles. The molecule has 0 spiro atoms. The highest BCUT2D eigenvalue weighted by Crippen LogP contribution is 2.29. The largest absolute Gasteiger partial charge is 0.508 e. The second-order valence-corrected chi connectivity index (χ2v) is 7.38. The summed E-state index contributed by atoms with van der Waals surface area (Å²) < 4.78 is 18.3. The number of halogens is 1. The second kappa shape index (κ2) is 8.32. The van der Waals surface area contributed by atoms with Crippen molar-refractivity contribution in [3.8, 4) is 17.1 Å². The van der Waals surface area contributed by atoms with Crippen LogP contribution in [0.2, 0.25) is 0 Å². The van der Waals surface area contributed by atoms with Crippen molar-refractivity contribution in [3.05, 3.63) is 54.0 Å². The Labute approximate surface area is 178 Å². The number of aromatic nitrogens is 3. The van der Waals surface area contributed by atoms with Gasteiger partial charge in [0.2, 0.25) is 0 Å². The van der Waals surface area contributed by atoms with E-state index in [1.165, 1.54) is 0 Å². The van der Waals surface area contributed by atoms with E-state index in [0.717, 1.165) is 30.0 Å². The Morgan fingerprint density at radius 3 is 2.81 bits per heavy atom. The lowest BCUT2D eigenvalue weighted by atomic mass is 10.1. The Hall–Kier alpha value is -3.50. The normalized spacial score (nSPS) is 16.5. The van der Waals surface area contributed by atoms with Gasteiger partial charge in [-0.15, -0.1) is 5.53 Å². The maximum Gasteiger partial charge on any atom is 0.162 e. The standard InChI is InChI=1S/C21H22FN7O2/c22-10-16-13-29(27-26-16)12-14-8-18-19(23-11-14)21(28-4-6-31-7-5-28)25-20(24-18)15-2-1-3-17(30)9-15/h1-3,8-9,11,13,26-27,30H,4-7,10,12H2. The van der Waals surface area contributed by atoms with Crippen molar-refractivity contribution in [2.75, 3.05) is 37.9 Å². The van der Waals surface area contributed by atoms with Gasteiger partial charge in [-0.2, -0.15) is 0 Å². The van der Waals surface area contributed by atoms with Crippen molar-refractivity contribution in [2.45, 2.75) is 6.54 Å². The van der Waals surface area contributed by atoms with Gasteiger partial charge in [-0.1, -0.05) is 12.1 Å². The number of aromatic hydroxyl groups is 1. The predicted octanol–water partition coefficient (Wildman–Crippen LogP) is 1.87. The molecular weight excluding hydrogens is 401 g/mol. The number of hydrazine groups is 2. The van der Waals surface area contributed by atoms with Gasteiger partial charge in [-0.3, -0.25) is 9.99 Å². The molecular formula is C21H22FN7O2. The maximum atomic E-state index is 12.8. The maximum absolute atomic E-state index is 12.8. The SMILES string of the molecule is Oc1cccc(-c2nc(N3CCOCC3)c3ncc(CN4C=C(CF)NN4)cc3n2)c1. The molecule has 3 N–H and O–H groups in total. The van der Waals surface area contributed by atoms with Crippen LogP contribution in [0, 0.1) is 0 Å². The highest BCUT2D eigenvalue weighted by atomic mass is 19.1. The van der Waals surface area contributed by atoms with E-state index >= 15 is 0 Å². The number of rotatable bonds is 5. The summed E-state index contributed by atoms with van der Waals surface area (Å²) in [5.41, 5.74) is 9.19. The highest BCUT2D eigenvalue weighted by Gasteiger charge is 2.20. The average Bonchev–Trinajstić information content (AvgIpc) is 3.26. The quantitative estimate of drug-likeness (QED) is 0.568. The molecule has 160 valence electrons. The number of hydrogen-bond acceptors (Lipinski definition) is 9. The van der Waals surface area contributed by atoms with Crippen molar-refractivity contribution in [1.29, 1.82) is 0 Å². The number of nitrogens with one attached hydrogen (secondary N) is 2. The summed E-state index contributed by atoms with van der Waals surface area (Å²) in [4.78, 5) is 16.3. The zero-order valence-electron chi connectivity index (χ0n) is 16.8. The fourth-order valence-corrected chi connectivity index (χ4v) is 3.65. The third-order valence-corrected chi connectivity index (χ3v) is 5.16. The van der Waals surface area contributed by atoms with Gasteiger partial charge in [0.1, 0.15) is 17.9 Å². The summed E-state index contributed by atoms with van der Waals surface area (Å²) in [5.74, 6) is 1.42. The molecule has 0 saturated carbocycles. The van der Waals surface area contributed by atoms with Crippen LogP contribution in [0.25, 0.3) is 22.4 Å². The number of nitrogens with zero attached hydrogens (tertiary/aromatic N) is 5. The van der Waals surface area contributed by atoms with Crippen molar-refractivity contribution >= 4 is 16.9 Å². The van der Waals surface area contributed by atoms with E-state index in [4.69, 9.17) is 14.7 Å². The Morgan fingerprint density at radius 2 is 2.03 bits per heavy atom. The molecule has 3 aromatic rings. The minimum Gasteiger partial charge on any atom is -0.508 e. The molecule has 2 aromatic heterocycles. The molecule has 0 atom stereocenters. The number of anilines is 1. The predicted molar refractivity (Wildman–Crippen MR) is 113 cm³/mol. The summed E-state index contributed by atoms with van der Waals surface area (Å²) in [5, 5.41) is 11.7. The molecule has 5 rings (SSSR count). The Kier molecular flexibility index (Phi) is 5.23. The monoisotopic (exact) mass is 423 g/mol. The molecule has 0 aliphatic carbocycles. The summed E-state index contributed by atoms with van der Waals surface area (Å²) >= 11 is 0. The van der Waals surface area contributed by atoms with Gasteiger partial charge in [0.15, 0.2) is 11.6 Å². The Bertz CT molecular complexity index is 1130. The van der Waals surface area contributed by atoms with E-state index in [-0.39, 0.29) is 5.75 Å². The molecule has 1 fully saturated rings. The molecule has 2 aliphatic heterocycles. The molecule has 0 bridgehead atoms. The van der Waals surface area contributed by atoms with Crippen molar-refractivity contribution < 1.29 is 14.2 Å². The van der Waals surface area contributed by atoms with E-state index in [0.29, 0.717) is 42.3 Å². The molecule has 0 amide bonds. The van der Waals surface area contributed by atoms with Crippen LogP contribution in [0.15, 0.2) is 48.4 Å². The van der Waals surface area contributed by atoms with Crippen LogP contribution in [0.3, 0.4) is 0 Å². The lowest BCUT2D eigenvalue weighted by Crippen LogP contribution is -2.37. The third-order valence-electron chi connectivity index (χ3n) is 5.16. The first kappa shape index (κ1) is 19.5. The van der Waals surface area contributed by atoms with Gasteiger partial charge in [-0.25, -0.2) is 14.4 Å². The van der Waals surface area contributed by atoms with Gasteiger partial charge in [-0.05, 0) is 23.8 Å². The summed E-state index contributed by atoms with van der Waals surface area (Å²) in [6.07, 6.45) is 3.47. The number of fused-ring (bicyclic) bond motifs is 1. The van der Waals surface area contributed by atoms with E-state index in [1.807, 2.05) is 12.1 Å². The molecule has 0 radical (unpaired) electrons. The van der Waals surface area contributed by atoms with Crippen LogP contribution >= 0.6 is 0 Å². The van der Waals surface area contributed by atoms with Crippen LogP contribution in [-0.2, 0) is 11.3 Å². The van der Waals surface area contributed by atoms with E-state index in [9.17, 15) is 9.50 Å². The summed E-state index contributed by atoms with van der Waals surface area (Å²) in [6.45, 7) is 2.61. The zero-order chi connectivity index (χ0) is 21.2. The smallest absolute Gasteiger partial charge is 0.162 e. The number of alkyl halides is 1. The first-order chi connectivity index (χ1) is 15.2. The zero-order valence-corrected chi connectivity index (χ0v) is 16.8. The van der Waals surface area contributed by atoms with Gasteiger partial charge in [0.25, 0.3) is 0 Å². The number of hydrogen-bond donors (Lipinski definition) is 3. The average molecular weight is 423 g/mol. The topological polar surface area (TPSA) is 98.7 Å². The van der Waals surface area contributed by atoms with Gasteiger partial charge < -0.3 is 20.2 Å². The minimum absolute atomic E-state index is 0.157. The molecule has 31 heavy (non-hydrogen) atoms. The van der Waals surface area contributed by atoms with Crippen LogP contribution in [0.5, 0.6) is 5.75 Å². The van der Waals surface area contributed by atoms with Gasteiger partial charge in [0.05, 0.1) is 31.0 Å². The Balaban J connectivity index is 1.56. The molecule has 4 heterocycles. The molecule has 1 aromatic carbocycles. The van der Waals surface area contributed by atoms with Crippen LogP contribution in [0.4, 0.5) is 10.2 Å². The van der Waals surface area contributed by atoms with Gasteiger partial charge >= 0.3 is 0 Å². The van der Waals surface area contributed by atoms with Gasteiger partial charge in [0, 0.05) is 31.0 Å². The fourth-order valence-electron chi connectivity index (χ4n) is 3.65. The molecule has 10 heteroatoms. The van der Waals surface area contributed by atoms with Crippen LogP contribution < -0.4 is 15.9 Å².